The summed E-state index contributed by atoms with van der Waals surface area (Å²) < 4.78 is 32.0. The van der Waals surface area contributed by atoms with Crippen LogP contribution in [0.1, 0.15) is 12.1 Å². The van der Waals surface area contributed by atoms with E-state index in [4.69, 9.17) is 4.55 Å². The van der Waals surface area contributed by atoms with Gasteiger partial charge in [-0.25, -0.2) is 4.31 Å². The van der Waals surface area contributed by atoms with Crippen molar-refractivity contribution < 1.29 is 22.6 Å². The molecule has 4 N–H and O–H groups in total. The molecule has 1 fully saturated rings. The Labute approximate surface area is 144 Å². The summed E-state index contributed by atoms with van der Waals surface area (Å²) in [6.07, 6.45) is 2.77. The van der Waals surface area contributed by atoms with E-state index >= 15 is 0 Å². The fourth-order valence-corrected chi connectivity index (χ4v) is 3.39. The average molecular weight is 375 g/mol. The molecule has 0 bridgehead atoms. The van der Waals surface area contributed by atoms with E-state index < -0.39 is 28.3 Å². The Morgan fingerprint density at radius 1 is 1.40 bits per heavy atom. The van der Waals surface area contributed by atoms with Gasteiger partial charge >= 0.3 is 10.3 Å². The third-order valence-corrected chi connectivity index (χ3v) is 4.63. The summed E-state index contributed by atoms with van der Waals surface area (Å²) in [5, 5.41) is 16.6. The fourth-order valence-electron chi connectivity index (χ4n) is 2.51. The third-order valence-electron chi connectivity index (χ3n) is 3.69. The lowest BCUT2D eigenvalue weighted by molar-refractivity contribution is -0.144. The normalized spacial score (nSPS) is 20.4. The van der Waals surface area contributed by atoms with E-state index in [1.165, 1.54) is 11.0 Å². The zero-order valence-electron chi connectivity index (χ0n) is 13.6. The van der Waals surface area contributed by atoms with Crippen LogP contribution in [0.25, 0.3) is 0 Å². The molecule has 2 unspecified atom stereocenters. The van der Waals surface area contributed by atoms with Crippen molar-refractivity contribution in [2.24, 2.45) is 0 Å². The number of β-lactam (4-membered cyclic amide) rings is 1. The fraction of sp³-hybridized carbons (Fsp3) is 0.667. The summed E-state index contributed by atoms with van der Waals surface area (Å²) in [6, 6.07) is -2.04. The van der Waals surface area contributed by atoms with Gasteiger partial charge in [-0.1, -0.05) is 0 Å². The molecular formula is C12H21N7O5S. The van der Waals surface area contributed by atoms with Gasteiger partial charge in [0.2, 0.25) is 6.41 Å². The van der Waals surface area contributed by atoms with Crippen LogP contribution in [0, 0.1) is 0 Å². The molecule has 1 aliphatic heterocycles. The zero-order valence-corrected chi connectivity index (χ0v) is 14.4. The van der Waals surface area contributed by atoms with E-state index in [9.17, 15) is 18.0 Å². The van der Waals surface area contributed by atoms with E-state index in [2.05, 4.69) is 26.1 Å². The number of nitrogens with zero attached hydrogens (tertiary/aromatic N) is 4. The summed E-state index contributed by atoms with van der Waals surface area (Å²) in [5.74, 6) is -0.904. The van der Waals surface area contributed by atoms with Crippen molar-refractivity contribution in [3.05, 3.63) is 11.9 Å². The molecule has 0 spiro atoms. The molecule has 1 saturated heterocycles. The van der Waals surface area contributed by atoms with E-state index in [1.54, 1.807) is 0 Å². The standard InChI is InChI=1S/C12H21N7O5S/c1-13-3-2-4-14-5-9-6-16-18(17-9)7-10-11(15-8-20)12(21)19(10)25(22,23)24/h6,8,10-11,13-14H,2-5,7H2,1H3,(H,15,20)(H,22,23,24). The van der Waals surface area contributed by atoms with Crippen molar-refractivity contribution in [3.63, 3.8) is 0 Å². The van der Waals surface area contributed by atoms with Crippen molar-refractivity contribution in [1.29, 1.82) is 0 Å². The maximum atomic E-state index is 11.7. The maximum absolute atomic E-state index is 11.7. The van der Waals surface area contributed by atoms with Gasteiger partial charge in [-0.05, 0) is 26.6 Å². The molecule has 12 nitrogen and oxygen atoms in total. The van der Waals surface area contributed by atoms with Crippen LogP contribution in [0.15, 0.2) is 6.20 Å². The molecule has 0 saturated carbocycles. The highest BCUT2D eigenvalue weighted by Crippen LogP contribution is 2.24. The smallest absolute Gasteiger partial charge is 0.345 e. The van der Waals surface area contributed by atoms with Crippen LogP contribution < -0.4 is 16.0 Å². The molecule has 13 heteroatoms. The average Bonchev–Trinajstić information content (AvgIpc) is 2.98. The lowest BCUT2D eigenvalue weighted by Gasteiger charge is -2.43. The van der Waals surface area contributed by atoms with Crippen LogP contribution in [0.5, 0.6) is 0 Å². The van der Waals surface area contributed by atoms with Crippen molar-refractivity contribution in [1.82, 2.24) is 35.2 Å². The predicted octanol–water partition coefficient (Wildman–Crippen LogP) is -2.89. The van der Waals surface area contributed by atoms with Gasteiger partial charge in [0.25, 0.3) is 5.91 Å². The third kappa shape index (κ3) is 4.72. The highest BCUT2D eigenvalue weighted by atomic mass is 32.2. The molecule has 2 atom stereocenters. The minimum atomic E-state index is -4.71. The molecule has 0 radical (unpaired) electrons. The van der Waals surface area contributed by atoms with Gasteiger partial charge in [0.1, 0.15) is 12.1 Å². The van der Waals surface area contributed by atoms with Crippen LogP contribution >= 0.6 is 0 Å². The number of amides is 2. The maximum Gasteiger partial charge on any atom is 0.362 e. The molecule has 140 valence electrons. The lowest BCUT2D eigenvalue weighted by Crippen LogP contribution is -2.72. The summed E-state index contributed by atoms with van der Waals surface area (Å²) in [4.78, 5) is 23.5. The highest BCUT2D eigenvalue weighted by molar-refractivity contribution is 7.84. The van der Waals surface area contributed by atoms with E-state index in [0.717, 1.165) is 19.5 Å². The van der Waals surface area contributed by atoms with Crippen molar-refractivity contribution in [2.75, 3.05) is 20.1 Å². The molecule has 2 amide bonds. The Bertz CT molecular complexity index is 706. The van der Waals surface area contributed by atoms with Crippen LogP contribution in [-0.4, -0.2) is 76.8 Å². The lowest BCUT2D eigenvalue weighted by atomic mass is 9.99. The van der Waals surface area contributed by atoms with Crippen molar-refractivity contribution >= 4 is 22.6 Å². The second kappa shape index (κ2) is 8.33. The SMILES string of the molecule is CNCCCNCc1cnn(CC2C(NC=O)C(=O)N2S(=O)(=O)O)n1. The van der Waals surface area contributed by atoms with Crippen molar-refractivity contribution in [2.45, 2.75) is 31.6 Å². The molecule has 1 aliphatic rings. The van der Waals surface area contributed by atoms with E-state index in [0.29, 0.717) is 23.0 Å². The Morgan fingerprint density at radius 2 is 2.16 bits per heavy atom. The van der Waals surface area contributed by atoms with Crippen LogP contribution in [0.2, 0.25) is 0 Å². The first-order valence-corrected chi connectivity index (χ1v) is 9.03. The molecule has 1 aromatic heterocycles. The minimum absolute atomic E-state index is 0.0865. The van der Waals surface area contributed by atoms with Crippen LogP contribution in [-0.2, 0) is 33.0 Å². The Morgan fingerprint density at radius 3 is 2.80 bits per heavy atom. The van der Waals surface area contributed by atoms with Gasteiger partial charge < -0.3 is 16.0 Å². The topological polar surface area (TPSA) is 159 Å². The quantitative estimate of drug-likeness (QED) is 0.138. The Hall–Kier alpha value is -2.09. The molecule has 0 aliphatic carbocycles. The number of rotatable bonds is 11. The second-order valence-electron chi connectivity index (χ2n) is 5.47. The van der Waals surface area contributed by atoms with Gasteiger partial charge in [0, 0.05) is 6.54 Å². The first kappa shape index (κ1) is 19.2. The number of nitrogens with one attached hydrogen (secondary N) is 3. The molecule has 2 heterocycles. The van der Waals surface area contributed by atoms with E-state index in [-0.39, 0.29) is 6.54 Å². The first-order chi connectivity index (χ1) is 11.9. The summed E-state index contributed by atoms with van der Waals surface area (Å²) in [5.41, 5.74) is 0.647. The van der Waals surface area contributed by atoms with Gasteiger partial charge in [-0.15, -0.1) is 0 Å². The number of aromatic nitrogens is 3. The number of carbonyl (C=O) groups excluding carboxylic acids is 2. The summed E-state index contributed by atoms with van der Waals surface area (Å²) in [6.45, 7) is 2.10. The van der Waals surface area contributed by atoms with Gasteiger partial charge in [0.05, 0.1) is 18.4 Å². The largest absolute Gasteiger partial charge is 0.362 e. The van der Waals surface area contributed by atoms with Crippen LogP contribution in [0.4, 0.5) is 0 Å². The highest BCUT2D eigenvalue weighted by Gasteiger charge is 2.53. The number of hydrogen-bond donors (Lipinski definition) is 4. The molecular weight excluding hydrogens is 354 g/mol. The molecule has 2 rings (SSSR count). The van der Waals surface area contributed by atoms with Gasteiger partial charge in [-0.2, -0.15) is 23.4 Å². The zero-order chi connectivity index (χ0) is 18.4. The van der Waals surface area contributed by atoms with Crippen molar-refractivity contribution in [3.8, 4) is 0 Å². The first-order valence-electron chi connectivity index (χ1n) is 7.63. The van der Waals surface area contributed by atoms with Crippen LogP contribution in [0.3, 0.4) is 0 Å². The van der Waals surface area contributed by atoms with Gasteiger partial charge in [-0.3, -0.25) is 14.1 Å². The Kier molecular flexibility index (Phi) is 6.41. The van der Waals surface area contributed by atoms with Gasteiger partial charge in [0.15, 0.2) is 0 Å². The Balaban J connectivity index is 1.95. The molecule has 25 heavy (non-hydrogen) atoms. The second-order valence-corrected chi connectivity index (χ2v) is 6.76. The summed E-state index contributed by atoms with van der Waals surface area (Å²) in [7, 11) is -2.84. The number of hydrogen-bond acceptors (Lipinski definition) is 8. The predicted molar refractivity (Wildman–Crippen MR) is 85.4 cm³/mol. The number of carbonyl (C=O) groups is 2. The van der Waals surface area contributed by atoms with E-state index in [1.807, 2.05) is 7.05 Å². The monoisotopic (exact) mass is 375 g/mol. The molecule has 0 aromatic carbocycles. The minimum Gasteiger partial charge on any atom is -0.345 e. The summed E-state index contributed by atoms with van der Waals surface area (Å²) >= 11 is 0. The molecule has 1 aromatic rings.